The number of alkyl halides is 3. The summed E-state index contributed by atoms with van der Waals surface area (Å²) in [6, 6.07) is 0.873. The van der Waals surface area contributed by atoms with Gasteiger partial charge < -0.3 is 9.29 Å². The minimum absolute atomic E-state index is 0.0816. The van der Waals surface area contributed by atoms with Gasteiger partial charge in [0.1, 0.15) is 0 Å². The minimum Gasteiger partial charge on any atom is -0.739 e. The van der Waals surface area contributed by atoms with E-state index < -0.39 is 32.0 Å². The molecule has 0 unspecified atom stereocenters. The van der Waals surface area contributed by atoms with Gasteiger partial charge in [0, 0.05) is 10.9 Å². The summed E-state index contributed by atoms with van der Waals surface area (Å²) in [6.07, 6.45) is -4.96. The minimum atomic E-state index is -5.09. The lowest BCUT2D eigenvalue weighted by Crippen LogP contribution is -2.31. The lowest BCUT2D eigenvalue weighted by molar-refractivity contribution is -0.875. The number of rotatable bonds is 2. The van der Waals surface area contributed by atoms with Gasteiger partial charge in [0.05, 0.1) is 4.48 Å². The Morgan fingerprint density at radius 3 is 2.25 bits per heavy atom. The molecule has 0 aliphatic carbocycles. The molecular weight excluding hydrogens is 258 g/mol. The first kappa shape index (κ1) is 12.6. The number of nitrogens with zero attached hydrogens (tertiary/aromatic N) is 1. The first-order valence-electron chi connectivity index (χ1n) is 3.53. The lowest BCUT2D eigenvalue weighted by atomic mass is 10.5. The standard InChI is InChI=1S/C6H3F4NO4S/c7-6(8,9)15-4-1-2-5(11(10)3-4)16(12,13)14/h1-3H. The Morgan fingerprint density at radius 2 is 1.88 bits per heavy atom. The Balaban J connectivity index is 3.10. The van der Waals surface area contributed by atoms with Gasteiger partial charge in [-0.05, 0) is 6.07 Å². The molecule has 90 valence electrons. The van der Waals surface area contributed by atoms with Gasteiger partial charge >= 0.3 is 11.4 Å². The summed E-state index contributed by atoms with van der Waals surface area (Å²) in [7, 11) is -5.09. The number of hydrogen-bond acceptors (Lipinski definition) is 4. The smallest absolute Gasteiger partial charge is 0.573 e. The molecule has 0 spiro atoms. The summed E-state index contributed by atoms with van der Waals surface area (Å²) in [5.74, 6) is -0.984. The highest BCUT2D eigenvalue weighted by Crippen LogP contribution is 2.21. The van der Waals surface area contributed by atoms with Gasteiger partial charge in [-0.1, -0.05) is 0 Å². The van der Waals surface area contributed by atoms with Crippen molar-refractivity contribution in [3.05, 3.63) is 18.3 Å². The maximum absolute atomic E-state index is 12.8. The molecule has 0 N–H and O–H groups in total. The van der Waals surface area contributed by atoms with Crippen LogP contribution in [0.2, 0.25) is 0 Å². The number of pyridine rings is 1. The van der Waals surface area contributed by atoms with Crippen LogP contribution in [0, 0.1) is 0 Å². The largest absolute Gasteiger partial charge is 0.739 e. The fraction of sp³-hybridized carbons (Fsp3) is 0.167. The van der Waals surface area contributed by atoms with Gasteiger partial charge in [0.15, 0.2) is 15.9 Å². The van der Waals surface area contributed by atoms with Crippen LogP contribution in [-0.4, -0.2) is 19.3 Å². The maximum atomic E-state index is 12.8. The third-order valence-electron chi connectivity index (χ3n) is 1.33. The molecule has 10 heteroatoms. The summed E-state index contributed by atoms with van der Waals surface area (Å²) in [5, 5.41) is -1.32. The molecule has 1 heterocycles. The molecular formula is C6H3F4NO4S. The van der Waals surface area contributed by atoms with Crippen LogP contribution in [0.5, 0.6) is 5.75 Å². The van der Waals surface area contributed by atoms with Crippen LogP contribution < -0.4 is 9.53 Å². The Kier molecular flexibility index (Phi) is 3.06. The monoisotopic (exact) mass is 261 g/mol. The van der Waals surface area contributed by atoms with Gasteiger partial charge in [0.25, 0.3) is 6.20 Å². The van der Waals surface area contributed by atoms with Crippen molar-refractivity contribution in [2.45, 2.75) is 11.4 Å². The van der Waals surface area contributed by atoms with E-state index in [1.54, 1.807) is 0 Å². The van der Waals surface area contributed by atoms with Gasteiger partial charge in [-0.15, -0.1) is 13.2 Å². The molecule has 0 amide bonds. The van der Waals surface area contributed by atoms with Crippen molar-refractivity contribution >= 4 is 10.1 Å². The predicted molar refractivity (Wildman–Crippen MR) is 37.8 cm³/mol. The van der Waals surface area contributed by atoms with Crippen molar-refractivity contribution in [1.82, 2.24) is 0 Å². The Labute approximate surface area is 86.6 Å². The average molecular weight is 261 g/mol. The van der Waals surface area contributed by atoms with Crippen molar-refractivity contribution in [3.63, 3.8) is 0 Å². The van der Waals surface area contributed by atoms with Gasteiger partial charge in [0.2, 0.25) is 0 Å². The number of halogens is 4. The van der Waals surface area contributed by atoms with Crippen molar-refractivity contribution in [3.8, 4) is 5.75 Å². The van der Waals surface area contributed by atoms with Crippen LogP contribution in [-0.2, 0) is 10.1 Å². The summed E-state index contributed by atoms with van der Waals surface area (Å²) < 4.78 is 82.2. The van der Waals surface area contributed by atoms with E-state index in [9.17, 15) is 30.6 Å². The van der Waals surface area contributed by atoms with Gasteiger partial charge in [-0.25, -0.2) is 8.42 Å². The van der Waals surface area contributed by atoms with Crippen molar-refractivity contribution in [2.75, 3.05) is 0 Å². The molecule has 1 aromatic heterocycles. The Morgan fingerprint density at radius 1 is 1.31 bits per heavy atom. The van der Waals surface area contributed by atoms with E-state index in [1.165, 1.54) is 0 Å². The third-order valence-corrected chi connectivity index (χ3v) is 2.15. The zero-order chi connectivity index (χ0) is 12.6. The molecule has 0 bridgehead atoms. The fourth-order valence-corrected chi connectivity index (χ4v) is 1.33. The molecule has 0 aliphatic rings. The summed E-state index contributed by atoms with van der Waals surface area (Å²) in [5.41, 5.74) is 0. The molecule has 1 rings (SSSR count). The van der Waals surface area contributed by atoms with Crippen molar-refractivity contribution in [2.24, 2.45) is 0 Å². The molecule has 0 radical (unpaired) electrons. The second-order valence-corrected chi connectivity index (χ2v) is 3.84. The fourth-order valence-electron chi connectivity index (χ4n) is 0.827. The highest BCUT2D eigenvalue weighted by molar-refractivity contribution is 7.85. The maximum Gasteiger partial charge on any atom is 0.573 e. The van der Waals surface area contributed by atoms with E-state index in [2.05, 4.69) is 4.74 Å². The normalized spacial score (nSPS) is 12.6. The number of hydrogen-bond donors (Lipinski definition) is 0. The average Bonchev–Trinajstić information content (AvgIpc) is 1.97. The van der Waals surface area contributed by atoms with E-state index in [-0.39, 0.29) is 6.20 Å². The van der Waals surface area contributed by atoms with Crippen LogP contribution in [0.3, 0.4) is 0 Å². The molecule has 5 nitrogen and oxygen atoms in total. The highest BCUT2D eigenvalue weighted by atomic mass is 32.2. The molecule has 0 saturated carbocycles. The molecule has 0 aliphatic heterocycles. The second-order valence-electron chi connectivity index (χ2n) is 2.52. The topological polar surface area (TPSA) is 70.3 Å². The van der Waals surface area contributed by atoms with Crippen LogP contribution in [0.1, 0.15) is 0 Å². The quantitative estimate of drug-likeness (QED) is 0.574. The number of aromatic nitrogens is 1. The van der Waals surface area contributed by atoms with Crippen LogP contribution in [0.15, 0.2) is 23.4 Å². The Hall–Kier alpha value is -1.42. The van der Waals surface area contributed by atoms with Gasteiger partial charge in [-0.2, -0.15) is 0 Å². The molecule has 16 heavy (non-hydrogen) atoms. The molecule has 0 atom stereocenters. The zero-order valence-electron chi connectivity index (χ0n) is 7.23. The third kappa shape index (κ3) is 3.31. The molecule has 0 saturated heterocycles. The predicted octanol–water partition coefficient (Wildman–Crippen LogP) is 0.509. The molecule has 0 aromatic carbocycles. The molecule has 1 aromatic rings. The second kappa shape index (κ2) is 3.87. The molecule has 0 fully saturated rings. The lowest BCUT2D eigenvalue weighted by Gasteiger charge is -2.07. The summed E-state index contributed by atoms with van der Waals surface area (Å²) in [4.78, 5) is -0.761. The number of ether oxygens (including phenoxy) is 1. The Bertz CT molecular complexity index is 498. The summed E-state index contributed by atoms with van der Waals surface area (Å²) in [6.45, 7) is 0. The first-order chi connectivity index (χ1) is 7.09. The van der Waals surface area contributed by atoms with Crippen LogP contribution in [0.4, 0.5) is 17.7 Å². The van der Waals surface area contributed by atoms with Gasteiger partial charge in [-0.3, -0.25) is 0 Å². The summed E-state index contributed by atoms with van der Waals surface area (Å²) >= 11 is 0. The van der Waals surface area contributed by atoms with Crippen LogP contribution >= 0.6 is 0 Å². The zero-order valence-corrected chi connectivity index (χ0v) is 8.05. The van der Waals surface area contributed by atoms with E-state index in [0.717, 1.165) is 0 Å². The van der Waals surface area contributed by atoms with Crippen LogP contribution in [0.25, 0.3) is 0 Å². The van der Waals surface area contributed by atoms with E-state index in [4.69, 9.17) is 0 Å². The first-order valence-corrected chi connectivity index (χ1v) is 4.94. The van der Waals surface area contributed by atoms with Crippen molar-refractivity contribution in [1.29, 1.82) is 0 Å². The van der Waals surface area contributed by atoms with Crippen molar-refractivity contribution < 1.29 is 40.1 Å². The SMILES string of the molecule is O=S(=O)([O-])c1ccc(OC(F)(F)F)c[n+]1F. The van der Waals surface area contributed by atoms with E-state index in [1.807, 2.05) is 0 Å². The highest BCUT2D eigenvalue weighted by Gasteiger charge is 2.33. The van der Waals surface area contributed by atoms with E-state index in [0.29, 0.717) is 12.1 Å². The van der Waals surface area contributed by atoms with E-state index >= 15 is 0 Å².